The van der Waals surface area contributed by atoms with Crippen LogP contribution in [-0.2, 0) is 0 Å². The van der Waals surface area contributed by atoms with E-state index in [-0.39, 0.29) is 0 Å². The number of fused-ring (bicyclic) bond motifs is 1. The number of benzene rings is 1. The second kappa shape index (κ2) is 2.70. The Labute approximate surface area is 81.7 Å². The summed E-state index contributed by atoms with van der Waals surface area (Å²) in [6.45, 7) is 0. The van der Waals surface area contributed by atoms with Gasteiger partial charge in [0, 0.05) is 0 Å². The van der Waals surface area contributed by atoms with Crippen molar-refractivity contribution in [3.8, 4) is 0 Å². The van der Waals surface area contributed by atoms with Crippen molar-refractivity contribution in [2.24, 2.45) is 0 Å². The molecule has 1 aromatic carbocycles. The molecule has 1 fully saturated rings. The van der Waals surface area contributed by atoms with E-state index in [1.54, 1.807) is 0 Å². The molecule has 2 N–H and O–H groups in total. The van der Waals surface area contributed by atoms with Crippen LogP contribution in [0.25, 0.3) is 11.0 Å². The van der Waals surface area contributed by atoms with Crippen molar-refractivity contribution in [2.45, 2.75) is 25.3 Å². The van der Waals surface area contributed by atoms with Gasteiger partial charge in [-0.1, -0.05) is 11.3 Å². The molecular weight excluding hydrogens is 176 g/mol. The lowest BCUT2D eigenvalue weighted by Gasteiger charge is -2.25. The number of anilines is 1. The number of rotatable bonds is 1. The largest absolute Gasteiger partial charge is 0.397 e. The highest BCUT2D eigenvalue weighted by Gasteiger charge is 2.22. The molecule has 1 heterocycles. The normalized spacial score (nSPS) is 17.1. The molecule has 0 saturated heterocycles. The van der Waals surface area contributed by atoms with Gasteiger partial charge in [0.2, 0.25) is 0 Å². The minimum Gasteiger partial charge on any atom is -0.397 e. The zero-order chi connectivity index (χ0) is 9.54. The molecule has 1 aliphatic rings. The number of aromatic nitrogens is 3. The van der Waals surface area contributed by atoms with E-state index in [0.29, 0.717) is 11.7 Å². The molecule has 1 aliphatic carbocycles. The Morgan fingerprint density at radius 3 is 2.93 bits per heavy atom. The van der Waals surface area contributed by atoms with Crippen LogP contribution in [0.1, 0.15) is 25.3 Å². The van der Waals surface area contributed by atoms with E-state index < -0.39 is 0 Å². The van der Waals surface area contributed by atoms with Gasteiger partial charge in [0.25, 0.3) is 0 Å². The molecule has 1 aromatic heterocycles. The third kappa shape index (κ3) is 0.937. The number of nitrogen functional groups attached to an aromatic ring is 1. The Kier molecular flexibility index (Phi) is 1.50. The molecule has 14 heavy (non-hydrogen) atoms. The number of nitrogens with two attached hydrogens (primary N) is 1. The number of hydrogen-bond donors (Lipinski definition) is 1. The Balaban J connectivity index is 2.20. The maximum Gasteiger partial charge on any atom is 0.136 e. The molecule has 0 bridgehead atoms. The second-order valence-electron chi connectivity index (χ2n) is 3.83. The summed E-state index contributed by atoms with van der Waals surface area (Å²) in [5.74, 6) is 0. The first-order chi connectivity index (χ1) is 6.86. The maximum atomic E-state index is 5.81. The third-order valence-electron chi connectivity index (χ3n) is 2.95. The predicted molar refractivity (Wildman–Crippen MR) is 54.8 cm³/mol. The first-order valence-corrected chi connectivity index (χ1v) is 4.95. The number of nitrogens with zero attached hydrogens (tertiary/aromatic N) is 3. The number of hydrogen-bond acceptors (Lipinski definition) is 3. The molecule has 3 rings (SSSR count). The summed E-state index contributed by atoms with van der Waals surface area (Å²) in [4.78, 5) is 0. The quantitative estimate of drug-likeness (QED) is 0.693. The second-order valence-corrected chi connectivity index (χ2v) is 3.83. The van der Waals surface area contributed by atoms with Gasteiger partial charge in [-0.25, -0.2) is 4.68 Å². The van der Waals surface area contributed by atoms with Crippen LogP contribution in [0.4, 0.5) is 5.69 Å². The highest BCUT2D eigenvalue weighted by Crippen LogP contribution is 2.33. The predicted octanol–water partition coefficient (Wildman–Crippen LogP) is 1.74. The van der Waals surface area contributed by atoms with Gasteiger partial charge in [0.05, 0.1) is 17.2 Å². The molecular formula is C10H12N4. The van der Waals surface area contributed by atoms with Gasteiger partial charge in [-0.3, -0.25) is 0 Å². The van der Waals surface area contributed by atoms with Gasteiger partial charge in [0.15, 0.2) is 0 Å². The topological polar surface area (TPSA) is 56.7 Å². The maximum absolute atomic E-state index is 5.81. The van der Waals surface area contributed by atoms with Crippen LogP contribution >= 0.6 is 0 Å². The third-order valence-corrected chi connectivity index (χ3v) is 2.95. The summed E-state index contributed by atoms with van der Waals surface area (Å²) >= 11 is 0. The Morgan fingerprint density at radius 2 is 2.21 bits per heavy atom. The molecule has 0 radical (unpaired) electrons. The van der Waals surface area contributed by atoms with Crippen molar-refractivity contribution in [3.05, 3.63) is 18.2 Å². The fraction of sp³-hybridized carbons (Fsp3) is 0.400. The van der Waals surface area contributed by atoms with Gasteiger partial charge in [-0.15, -0.1) is 5.10 Å². The van der Waals surface area contributed by atoms with Crippen molar-refractivity contribution in [3.63, 3.8) is 0 Å². The Morgan fingerprint density at radius 1 is 1.36 bits per heavy atom. The van der Waals surface area contributed by atoms with Crippen molar-refractivity contribution in [1.82, 2.24) is 15.0 Å². The minimum atomic E-state index is 0.543. The molecule has 0 unspecified atom stereocenters. The molecule has 0 spiro atoms. The summed E-state index contributed by atoms with van der Waals surface area (Å²) in [6, 6.07) is 6.39. The summed E-state index contributed by atoms with van der Waals surface area (Å²) in [7, 11) is 0. The monoisotopic (exact) mass is 188 g/mol. The van der Waals surface area contributed by atoms with E-state index in [2.05, 4.69) is 10.3 Å². The summed E-state index contributed by atoms with van der Waals surface area (Å²) < 4.78 is 2.01. The van der Waals surface area contributed by atoms with Gasteiger partial charge in [0.1, 0.15) is 5.52 Å². The first-order valence-electron chi connectivity index (χ1n) is 4.95. The minimum absolute atomic E-state index is 0.543. The lowest BCUT2D eigenvalue weighted by molar-refractivity contribution is 0.292. The Bertz CT molecular complexity index is 470. The van der Waals surface area contributed by atoms with Gasteiger partial charge < -0.3 is 5.73 Å². The first kappa shape index (κ1) is 7.79. The van der Waals surface area contributed by atoms with Crippen LogP contribution in [-0.4, -0.2) is 15.0 Å². The van der Waals surface area contributed by atoms with Crippen LogP contribution in [0.15, 0.2) is 18.2 Å². The summed E-state index contributed by atoms with van der Waals surface area (Å²) in [5, 5.41) is 8.27. The van der Waals surface area contributed by atoms with Crippen molar-refractivity contribution in [2.75, 3.05) is 5.73 Å². The zero-order valence-electron chi connectivity index (χ0n) is 7.85. The standard InChI is InChI=1S/C10H12N4/c11-8-5-2-6-9-10(8)12-13-14(9)7-3-1-4-7/h2,5-7H,1,3-4,11H2. The molecule has 0 amide bonds. The van der Waals surface area contributed by atoms with Gasteiger partial charge in [-0.2, -0.15) is 0 Å². The van der Waals surface area contributed by atoms with E-state index >= 15 is 0 Å². The molecule has 4 nitrogen and oxygen atoms in total. The fourth-order valence-corrected chi connectivity index (χ4v) is 1.88. The lowest BCUT2D eigenvalue weighted by Crippen LogP contribution is -2.18. The SMILES string of the molecule is Nc1cccc2c1nnn2C1CCC1. The van der Waals surface area contributed by atoms with E-state index in [1.165, 1.54) is 19.3 Å². The van der Waals surface area contributed by atoms with Crippen molar-refractivity contribution >= 4 is 16.7 Å². The summed E-state index contributed by atoms with van der Waals surface area (Å²) in [6.07, 6.45) is 3.73. The molecule has 4 heteroatoms. The highest BCUT2D eigenvalue weighted by molar-refractivity contribution is 5.86. The van der Waals surface area contributed by atoms with Crippen LogP contribution in [0.3, 0.4) is 0 Å². The smallest absolute Gasteiger partial charge is 0.136 e. The molecule has 2 aromatic rings. The molecule has 0 atom stereocenters. The fourth-order valence-electron chi connectivity index (χ4n) is 1.88. The van der Waals surface area contributed by atoms with Gasteiger partial charge in [-0.05, 0) is 31.4 Å². The van der Waals surface area contributed by atoms with Crippen molar-refractivity contribution in [1.29, 1.82) is 0 Å². The van der Waals surface area contributed by atoms with Crippen LogP contribution < -0.4 is 5.73 Å². The van der Waals surface area contributed by atoms with E-state index in [0.717, 1.165) is 11.0 Å². The van der Waals surface area contributed by atoms with E-state index in [9.17, 15) is 0 Å². The summed E-state index contributed by atoms with van der Waals surface area (Å²) in [5.41, 5.74) is 8.43. The van der Waals surface area contributed by atoms with E-state index in [1.807, 2.05) is 22.9 Å². The lowest BCUT2D eigenvalue weighted by atomic mass is 9.93. The zero-order valence-corrected chi connectivity index (χ0v) is 7.85. The average molecular weight is 188 g/mol. The Hall–Kier alpha value is -1.58. The van der Waals surface area contributed by atoms with Crippen LogP contribution in [0.2, 0.25) is 0 Å². The van der Waals surface area contributed by atoms with Crippen LogP contribution in [0, 0.1) is 0 Å². The van der Waals surface area contributed by atoms with E-state index in [4.69, 9.17) is 5.73 Å². The van der Waals surface area contributed by atoms with Crippen molar-refractivity contribution < 1.29 is 0 Å². The molecule has 72 valence electrons. The average Bonchev–Trinajstić information content (AvgIpc) is 2.48. The molecule has 1 saturated carbocycles. The highest BCUT2D eigenvalue weighted by atomic mass is 15.4. The van der Waals surface area contributed by atoms with Gasteiger partial charge >= 0.3 is 0 Å². The molecule has 0 aliphatic heterocycles. The van der Waals surface area contributed by atoms with Crippen LogP contribution in [0.5, 0.6) is 0 Å².